The van der Waals surface area contributed by atoms with Gasteiger partial charge in [0.1, 0.15) is 0 Å². The first-order chi connectivity index (χ1) is 8.99. The van der Waals surface area contributed by atoms with Gasteiger partial charge < -0.3 is 14.6 Å². The first-order valence-electron chi connectivity index (χ1n) is 6.93. The molecule has 0 unspecified atom stereocenters. The second kappa shape index (κ2) is 7.46. The highest BCUT2D eigenvalue weighted by molar-refractivity contribution is 5.19. The van der Waals surface area contributed by atoms with Crippen LogP contribution in [0.25, 0.3) is 0 Å². The standard InChI is InChI=1S/C15H26N2O2/c1-11(2)14-7-6-13(10-16-8-9-19-5)15(18)17(14)12(3)4/h6-7,11-12,16H,8-10H2,1-5H3. The number of hydrogen-bond donors (Lipinski definition) is 1. The van der Waals surface area contributed by atoms with Crippen molar-refractivity contribution < 1.29 is 4.74 Å². The third-order valence-corrected chi connectivity index (χ3v) is 3.13. The molecule has 1 heterocycles. The lowest BCUT2D eigenvalue weighted by molar-refractivity contribution is 0.199. The molecule has 1 N–H and O–H groups in total. The zero-order valence-electron chi connectivity index (χ0n) is 12.7. The number of rotatable bonds is 7. The van der Waals surface area contributed by atoms with Crippen molar-refractivity contribution in [2.75, 3.05) is 20.3 Å². The Morgan fingerprint density at radius 2 is 1.95 bits per heavy atom. The summed E-state index contributed by atoms with van der Waals surface area (Å²) in [6, 6.07) is 4.19. The molecule has 0 bridgehead atoms. The Bertz CT molecular complexity index is 450. The second-order valence-corrected chi connectivity index (χ2v) is 5.38. The van der Waals surface area contributed by atoms with Gasteiger partial charge in [-0.3, -0.25) is 4.79 Å². The SMILES string of the molecule is COCCNCc1ccc(C(C)C)n(C(C)C)c1=O. The van der Waals surface area contributed by atoms with Crippen LogP contribution in [0.2, 0.25) is 0 Å². The molecular formula is C15H26N2O2. The largest absolute Gasteiger partial charge is 0.383 e. The van der Waals surface area contributed by atoms with E-state index in [-0.39, 0.29) is 11.6 Å². The molecule has 0 radical (unpaired) electrons. The molecule has 1 rings (SSSR count). The lowest BCUT2D eigenvalue weighted by Gasteiger charge is -2.20. The van der Waals surface area contributed by atoms with E-state index in [0.29, 0.717) is 19.1 Å². The Kier molecular flexibility index (Phi) is 6.25. The minimum atomic E-state index is 0.117. The third kappa shape index (κ3) is 4.18. The van der Waals surface area contributed by atoms with Crippen molar-refractivity contribution >= 4 is 0 Å². The van der Waals surface area contributed by atoms with Crippen LogP contribution >= 0.6 is 0 Å². The number of nitrogens with zero attached hydrogens (tertiary/aromatic N) is 1. The molecule has 1 aromatic rings. The zero-order chi connectivity index (χ0) is 14.4. The maximum atomic E-state index is 12.5. The van der Waals surface area contributed by atoms with Crippen LogP contribution in [0.3, 0.4) is 0 Å². The number of nitrogens with one attached hydrogen (secondary N) is 1. The molecule has 0 aliphatic carbocycles. The van der Waals surface area contributed by atoms with Gasteiger partial charge in [0.15, 0.2) is 0 Å². The van der Waals surface area contributed by atoms with E-state index in [4.69, 9.17) is 4.74 Å². The van der Waals surface area contributed by atoms with Crippen LogP contribution in [0.5, 0.6) is 0 Å². The minimum Gasteiger partial charge on any atom is -0.383 e. The van der Waals surface area contributed by atoms with Crippen LogP contribution in [0.15, 0.2) is 16.9 Å². The molecular weight excluding hydrogens is 240 g/mol. The maximum absolute atomic E-state index is 12.5. The highest BCUT2D eigenvalue weighted by Gasteiger charge is 2.13. The van der Waals surface area contributed by atoms with Crippen molar-refractivity contribution in [2.45, 2.75) is 46.2 Å². The summed E-state index contributed by atoms with van der Waals surface area (Å²) in [6.45, 7) is 10.3. The monoisotopic (exact) mass is 266 g/mol. The van der Waals surface area contributed by atoms with Crippen molar-refractivity contribution in [1.82, 2.24) is 9.88 Å². The predicted molar refractivity (Wildman–Crippen MR) is 78.8 cm³/mol. The molecule has 108 valence electrons. The van der Waals surface area contributed by atoms with Crippen LogP contribution in [0.4, 0.5) is 0 Å². The number of ether oxygens (including phenoxy) is 1. The smallest absolute Gasteiger partial charge is 0.255 e. The zero-order valence-corrected chi connectivity index (χ0v) is 12.7. The van der Waals surface area contributed by atoms with E-state index in [1.54, 1.807) is 7.11 Å². The quantitative estimate of drug-likeness (QED) is 0.770. The Morgan fingerprint density at radius 1 is 1.26 bits per heavy atom. The van der Waals surface area contributed by atoms with E-state index in [9.17, 15) is 4.79 Å². The fourth-order valence-corrected chi connectivity index (χ4v) is 2.14. The molecule has 1 aromatic heterocycles. The molecule has 0 spiro atoms. The van der Waals surface area contributed by atoms with Crippen LogP contribution in [0.1, 0.15) is 50.9 Å². The molecule has 0 aliphatic heterocycles. The first-order valence-corrected chi connectivity index (χ1v) is 6.93. The highest BCUT2D eigenvalue weighted by atomic mass is 16.5. The maximum Gasteiger partial charge on any atom is 0.255 e. The van der Waals surface area contributed by atoms with Crippen molar-refractivity contribution in [3.05, 3.63) is 33.7 Å². The predicted octanol–water partition coefficient (Wildman–Crippen LogP) is 2.29. The van der Waals surface area contributed by atoms with Gasteiger partial charge in [-0.05, 0) is 25.8 Å². The van der Waals surface area contributed by atoms with Gasteiger partial charge in [0.2, 0.25) is 0 Å². The summed E-state index contributed by atoms with van der Waals surface area (Å²) < 4.78 is 6.88. The lowest BCUT2D eigenvalue weighted by atomic mass is 10.1. The van der Waals surface area contributed by atoms with E-state index in [2.05, 4.69) is 39.1 Å². The Morgan fingerprint density at radius 3 is 2.47 bits per heavy atom. The van der Waals surface area contributed by atoms with Gasteiger partial charge in [-0.1, -0.05) is 19.9 Å². The number of aromatic nitrogens is 1. The Labute approximate surface area is 115 Å². The van der Waals surface area contributed by atoms with Gasteiger partial charge in [0, 0.05) is 37.5 Å². The number of pyridine rings is 1. The van der Waals surface area contributed by atoms with Crippen molar-refractivity contribution in [2.24, 2.45) is 0 Å². The van der Waals surface area contributed by atoms with E-state index in [0.717, 1.165) is 17.8 Å². The highest BCUT2D eigenvalue weighted by Crippen LogP contribution is 2.16. The third-order valence-electron chi connectivity index (χ3n) is 3.13. The number of hydrogen-bond acceptors (Lipinski definition) is 3. The van der Waals surface area contributed by atoms with E-state index in [1.165, 1.54) is 0 Å². The summed E-state index contributed by atoms with van der Waals surface area (Å²) in [5.74, 6) is 0.352. The van der Waals surface area contributed by atoms with Crippen LogP contribution < -0.4 is 10.9 Å². The first kappa shape index (κ1) is 15.9. The van der Waals surface area contributed by atoms with Gasteiger partial charge in [-0.25, -0.2) is 0 Å². The van der Waals surface area contributed by atoms with Crippen molar-refractivity contribution in [3.63, 3.8) is 0 Å². The van der Waals surface area contributed by atoms with Crippen molar-refractivity contribution in [3.8, 4) is 0 Å². The van der Waals surface area contributed by atoms with E-state index < -0.39 is 0 Å². The minimum absolute atomic E-state index is 0.117. The Balaban J connectivity index is 2.97. The summed E-state index contributed by atoms with van der Waals surface area (Å²) >= 11 is 0. The molecule has 19 heavy (non-hydrogen) atoms. The summed E-state index contributed by atoms with van der Waals surface area (Å²) in [7, 11) is 1.67. The normalized spacial score (nSPS) is 11.5. The van der Waals surface area contributed by atoms with Crippen molar-refractivity contribution in [1.29, 1.82) is 0 Å². The molecule has 0 saturated carbocycles. The molecule has 0 atom stereocenters. The fourth-order valence-electron chi connectivity index (χ4n) is 2.14. The number of methoxy groups -OCH3 is 1. The lowest BCUT2D eigenvalue weighted by Crippen LogP contribution is -2.31. The van der Waals surface area contributed by atoms with Crippen LogP contribution in [0, 0.1) is 0 Å². The molecule has 0 saturated heterocycles. The summed E-state index contributed by atoms with van der Waals surface area (Å²) in [5.41, 5.74) is 2.03. The molecule has 4 nitrogen and oxygen atoms in total. The average Bonchev–Trinajstić information content (AvgIpc) is 2.35. The molecule has 0 aliphatic rings. The van der Waals surface area contributed by atoms with Crippen LogP contribution in [-0.2, 0) is 11.3 Å². The van der Waals surface area contributed by atoms with Gasteiger partial charge in [-0.2, -0.15) is 0 Å². The summed E-state index contributed by atoms with van der Waals surface area (Å²) in [6.07, 6.45) is 0. The van der Waals surface area contributed by atoms with Crippen LogP contribution in [-0.4, -0.2) is 24.8 Å². The fraction of sp³-hybridized carbons (Fsp3) is 0.667. The molecule has 0 fully saturated rings. The summed E-state index contributed by atoms with van der Waals surface area (Å²) in [4.78, 5) is 12.5. The van der Waals surface area contributed by atoms with E-state index in [1.807, 2.05) is 10.6 Å². The topological polar surface area (TPSA) is 43.3 Å². The Hall–Kier alpha value is -1.13. The molecule has 0 aromatic carbocycles. The van der Waals surface area contributed by atoms with Gasteiger partial charge in [0.05, 0.1) is 6.61 Å². The average molecular weight is 266 g/mol. The molecule has 4 heteroatoms. The molecule has 0 amide bonds. The van der Waals surface area contributed by atoms with Gasteiger partial charge in [0.25, 0.3) is 5.56 Å². The second-order valence-electron chi connectivity index (χ2n) is 5.38. The van der Waals surface area contributed by atoms with E-state index >= 15 is 0 Å². The summed E-state index contributed by atoms with van der Waals surface area (Å²) in [5, 5.41) is 3.22. The van der Waals surface area contributed by atoms with Gasteiger partial charge >= 0.3 is 0 Å². The van der Waals surface area contributed by atoms with Gasteiger partial charge in [-0.15, -0.1) is 0 Å².